The molecule has 0 spiro atoms. The Morgan fingerprint density at radius 2 is 1.92 bits per heavy atom. The predicted molar refractivity (Wildman–Crippen MR) is 43.9 cm³/mol. The van der Waals surface area contributed by atoms with E-state index in [1.54, 1.807) is 6.92 Å². The highest BCUT2D eigenvalue weighted by Gasteiger charge is 2.33. The first-order valence-corrected chi connectivity index (χ1v) is 3.93. The van der Waals surface area contributed by atoms with E-state index in [1.807, 2.05) is 0 Å². The van der Waals surface area contributed by atoms with E-state index in [-0.39, 0.29) is 13.2 Å². The molecule has 0 heterocycles. The van der Waals surface area contributed by atoms with E-state index < -0.39 is 17.5 Å². The Balaban J connectivity index is 4.05. The highest BCUT2D eigenvalue weighted by atomic mass is 16.6. The molecule has 13 heavy (non-hydrogen) atoms. The molecule has 5 heteroatoms. The topological polar surface area (TPSA) is 72.8 Å². The first-order chi connectivity index (χ1) is 5.90. The summed E-state index contributed by atoms with van der Waals surface area (Å²) in [7, 11) is 0. The Morgan fingerprint density at radius 3 is 2.31 bits per heavy atom. The van der Waals surface area contributed by atoms with Gasteiger partial charge in [-0.3, -0.25) is 4.79 Å². The summed E-state index contributed by atoms with van der Waals surface area (Å²) < 4.78 is 9.04. The van der Waals surface area contributed by atoms with E-state index in [0.717, 1.165) is 0 Å². The zero-order valence-electron chi connectivity index (χ0n) is 7.99. The van der Waals surface area contributed by atoms with Crippen LogP contribution in [0.5, 0.6) is 0 Å². The van der Waals surface area contributed by atoms with Gasteiger partial charge in [-0.2, -0.15) is 0 Å². The van der Waals surface area contributed by atoms with Crippen LogP contribution in [0.15, 0.2) is 0 Å². The van der Waals surface area contributed by atoms with Crippen molar-refractivity contribution in [2.75, 3.05) is 13.2 Å². The molecule has 0 aliphatic heterocycles. The van der Waals surface area contributed by atoms with Crippen LogP contribution in [-0.4, -0.2) is 35.9 Å². The molecule has 0 amide bonds. The van der Waals surface area contributed by atoms with Crippen molar-refractivity contribution < 1.29 is 24.2 Å². The van der Waals surface area contributed by atoms with E-state index >= 15 is 0 Å². The predicted octanol–water partition coefficient (Wildman–Crippen LogP) is -0.136. The van der Waals surface area contributed by atoms with Crippen LogP contribution in [0.3, 0.4) is 0 Å². The van der Waals surface area contributed by atoms with Crippen LogP contribution in [0.25, 0.3) is 0 Å². The summed E-state index contributed by atoms with van der Waals surface area (Å²) >= 11 is 0. The number of hydrogen-bond acceptors (Lipinski definition) is 5. The fourth-order valence-corrected chi connectivity index (χ4v) is 0.588. The van der Waals surface area contributed by atoms with Gasteiger partial charge >= 0.3 is 11.9 Å². The van der Waals surface area contributed by atoms with Gasteiger partial charge in [-0.1, -0.05) is 0 Å². The lowest BCUT2D eigenvalue weighted by molar-refractivity contribution is -0.172. The molecule has 0 aromatic carbocycles. The van der Waals surface area contributed by atoms with Gasteiger partial charge in [0.05, 0.1) is 6.61 Å². The van der Waals surface area contributed by atoms with Crippen molar-refractivity contribution >= 4 is 11.9 Å². The van der Waals surface area contributed by atoms with Crippen molar-refractivity contribution in [3.8, 4) is 0 Å². The maximum absolute atomic E-state index is 11.0. The number of ether oxygens (including phenoxy) is 2. The number of carbonyl (C=O) groups excluding carboxylic acids is 2. The molecule has 0 aliphatic carbocycles. The van der Waals surface area contributed by atoms with E-state index in [4.69, 9.17) is 0 Å². The smallest absolute Gasteiger partial charge is 0.341 e. The zero-order valence-corrected chi connectivity index (χ0v) is 7.99. The summed E-state index contributed by atoms with van der Waals surface area (Å²) in [5, 5.41) is 9.41. The minimum absolute atomic E-state index is 0.176. The quantitative estimate of drug-likeness (QED) is 0.625. The first kappa shape index (κ1) is 11.9. The molecule has 1 atom stereocenters. The minimum atomic E-state index is -1.76. The van der Waals surface area contributed by atoms with Crippen LogP contribution < -0.4 is 0 Å². The Morgan fingerprint density at radius 1 is 1.38 bits per heavy atom. The molecule has 1 unspecified atom stereocenters. The number of hydrogen-bond donors (Lipinski definition) is 1. The fourth-order valence-electron chi connectivity index (χ4n) is 0.588. The van der Waals surface area contributed by atoms with Gasteiger partial charge in [-0.15, -0.1) is 0 Å². The lowest BCUT2D eigenvalue weighted by atomic mass is 10.1. The Labute approximate surface area is 76.6 Å². The number of rotatable bonds is 4. The lowest BCUT2D eigenvalue weighted by Gasteiger charge is -2.19. The van der Waals surface area contributed by atoms with Gasteiger partial charge in [0.25, 0.3) is 0 Å². The van der Waals surface area contributed by atoms with Crippen molar-refractivity contribution in [1.29, 1.82) is 0 Å². The van der Waals surface area contributed by atoms with Crippen LogP contribution in [0.2, 0.25) is 0 Å². The molecule has 5 nitrogen and oxygen atoms in total. The fraction of sp³-hybridized carbons (Fsp3) is 0.750. The highest BCUT2D eigenvalue weighted by Crippen LogP contribution is 2.06. The second kappa shape index (κ2) is 4.81. The molecule has 0 aromatic heterocycles. The van der Waals surface area contributed by atoms with E-state index in [0.29, 0.717) is 0 Å². The molecular formula is C8H14O5. The summed E-state index contributed by atoms with van der Waals surface area (Å²) in [6, 6.07) is 0. The third kappa shape index (κ3) is 4.47. The standard InChI is InChI=1S/C8H14O5/c1-4-12-7(10)8(3,11)5-13-6(2)9/h11H,4-5H2,1-3H3. The van der Waals surface area contributed by atoms with Crippen molar-refractivity contribution in [3.05, 3.63) is 0 Å². The number of aliphatic hydroxyl groups is 1. The van der Waals surface area contributed by atoms with E-state index in [2.05, 4.69) is 9.47 Å². The lowest BCUT2D eigenvalue weighted by Crippen LogP contribution is -2.42. The first-order valence-electron chi connectivity index (χ1n) is 3.93. The average Bonchev–Trinajstić information content (AvgIpc) is 2.01. The largest absolute Gasteiger partial charge is 0.464 e. The number of carbonyl (C=O) groups is 2. The van der Waals surface area contributed by atoms with Gasteiger partial charge in [0.2, 0.25) is 0 Å². The van der Waals surface area contributed by atoms with Crippen LogP contribution in [0.4, 0.5) is 0 Å². The molecule has 0 saturated heterocycles. The van der Waals surface area contributed by atoms with E-state index in [9.17, 15) is 14.7 Å². The summed E-state index contributed by atoms with van der Waals surface area (Å²) in [5.41, 5.74) is -1.76. The zero-order chi connectivity index (χ0) is 10.5. The maximum atomic E-state index is 11.0. The third-order valence-corrected chi connectivity index (χ3v) is 1.27. The van der Waals surface area contributed by atoms with Crippen molar-refractivity contribution in [3.63, 3.8) is 0 Å². The average molecular weight is 190 g/mol. The normalized spacial score (nSPS) is 14.5. The van der Waals surface area contributed by atoms with Crippen LogP contribution in [0, 0.1) is 0 Å². The molecular weight excluding hydrogens is 176 g/mol. The maximum Gasteiger partial charge on any atom is 0.341 e. The van der Waals surface area contributed by atoms with Gasteiger partial charge in [0.1, 0.15) is 6.61 Å². The SMILES string of the molecule is CCOC(=O)C(C)(O)COC(C)=O. The minimum Gasteiger partial charge on any atom is -0.464 e. The molecule has 1 N–H and O–H groups in total. The molecule has 0 saturated carbocycles. The number of esters is 2. The van der Waals surface area contributed by atoms with Gasteiger partial charge in [-0.05, 0) is 13.8 Å². The van der Waals surface area contributed by atoms with Crippen LogP contribution in [-0.2, 0) is 19.1 Å². The summed E-state index contributed by atoms with van der Waals surface area (Å²) in [6.07, 6.45) is 0. The molecule has 0 aromatic rings. The van der Waals surface area contributed by atoms with Crippen LogP contribution >= 0.6 is 0 Å². The summed E-state index contributed by atoms with van der Waals surface area (Å²) in [6.45, 7) is 3.84. The van der Waals surface area contributed by atoms with Crippen molar-refractivity contribution in [2.45, 2.75) is 26.4 Å². The second-order valence-electron chi connectivity index (χ2n) is 2.77. The summed E-state index contributed by atoms with van der Waals surface area (Å²) in [4.78, 5) is 21.4. The van der Waals surface area contributed by atoms with Crippen molar-refractivity contribution in [1.82, 2.24) is 0 Å². The Kier molecular flexibility index (Phi) is 4.40. The van der Waals surface area contributed by atoms with Gasteiger partial charge < -0.3 is 14.6 Å². The van der Waals surface area contributed by atoms with Gasteiger partial charge in [-0.25, -0.2) is 4.79 Å². The second-order valence-corrected chi connectivity index (χ2v) is 2.77. The molecule has 0 rings (SSSR count). The van der Waals surface area contributed by atoms with Crippen LogP contribution in [0.1, 0.15) is 20.8 Å². The molecule has 0 fully saturated rings. The highest BCUT2D eigenvalue weighted by molar-refractivity contribution is 5.79. The van der Waals surface area contributed by atoms with Crippen molar-refractivity contribution in [2.24, 2.45) is 0 Å². The summed E-state index contributed by atoms with van der Waals surface area (Å²) in [5.74, 6) is -1.35. The third-order valence-electron chi connectivity index (χ3n) is 1.27. The molecule has 0 bridgehead atoms. The molecule has 76 valence electrons. The molecule has 0 radical (unpaired) electrons. The van der Waals surface area contributed by atoms with Gasteiger partial charge in [0.15, 0.2) is 5.60 Å². The monoisotopic (exact) mass is 190 g/mol. The Bertz CT molecular complexity index is 197. The Hall–Kier alpha value is -1.10. The van der Waals surface area contributed by atoms with E-state index in [1.165, 1.54) is 13.8 Å². The van der Waals surface area contributed by atoms with Gasteiger partial charge in [0, 0.05) is 6.92 Å². The molecule has 0 aliphatic rings.